The second-order valence-electron chi connectivity index (χ2n) is 4.48. The minimum Gasteiger partial charge on any atom is -0.464 e. The highest BCUT2D eigenvalue weighted by Crippen LogP contribution is 2.11. The molecule has 3 N–H and O–H groups in total. The van der Waals surface area contributed by atoms with Crippen LogP contribution in [0, 0.1) is 5.92 Å². The van der Waals surface area contributed by atoms with Gasteiger partial charge in [-0.3, -0.25) is 4.79 Å². The van der Waals surface area contributed by atoms with E-state index in [9.17, 15) is 9.59 Å². The standard InChI is InChI=1S/C12H19N3O3/c1-8(2)5-14-11(16)7-15-6-9(13)4-10(15)12(17)18-3/h4,6,8H,5,7,13H2,1-3H3,(H,14,16). The van der Waals surface area contributed by atoms with E-state index >= 15 is 0 Å². The zero-order chi connectivity index (χ0) is 13.7. The molecule has 0 aliphatic carbocycles. The predicted octanol–water partition coefficient (Wildman–Crippen LogP) is 0.629. The van der Waals surface area contributed by atoms with E-state index in [1.807, 2.05) is 13.8 Å². The fourth-order valence-corrected chi connectivity index (χ4v) is 1.47. The second kappa shape index (κ2) is 6.09. The molecule has 100 valence electrons. The Morgan fingerprint density at radius 1 is 1.50 bits per heavy atom. The average molecular weight is 253 g/mol. The van der Waals surface area contributed by atoms with E-state index in [-0.39, 0.29) is 18.1 Å². The Bertz CT molecular complexity index is 438. The Morgan fingerprint density at radius 2 is 2.17 bits per heavy atom. The number of amides is 1. The molecule has 0 aliphatic rings. The summed E-state index contributed by atoms with van der Waals surface area (Å²) < 4.78 is 6.11. The number of esters is 1. The van der Waals surface area contributed by atoms with Crippen molar-refractivity contribution < 1.29 is 14.3 Å². The number of aromatic nitrogens is 1. The van der Waals surface area contributed by atoms with Crippen LogP contribution in [-0.2, 0) is 16.1 Å². The number of nitrogens with zero attached hydrogens (tertiary/aromatic N) is 1. The van der Waals surface area contributed by atoms with Crippen molar-refractivity contribution in [1.29, 1.82) is 0 Å². The first kappa shape index (κ1) is 14.1. The van der Waals surface area contributed by atoms with Gasteiger partial charge >= 0.3 is 5.97 Å². The van der Waals surface area contributed by atoms with Crippen LogP contribution in [0.5, 0.6) is 0 Å². The average Bonchev–Trinajstić information content (AvgIpc) is 2.66. The number of hydrogen-bond acceptors (Lipinski definition) is 4. The van der Waals surface area contributed by atoms with Gasteiger partial charge < -0.3 is 20.4 Å². The van der Waals surface area contributed by atoms with Crippen LogP contribution in [0.4, 0.5) is 5.69 Å². The molecule has 1 aromatic rings. The minimum atomic E-state index is -0.511. The third-order valence-corrected chi connectivity index (χ3v) is 2.33. The Morgan fingerprint density at radius 3 is 2.72 bits per heavy atom. The van der Waals surface area contributed by atoms with Crippen LogP contribution in [0.2, 0.25) is 0 Å². The van der Waals surface area contributed by atoms with E-state index in [2.05, 4.69) is 10.1 Å². The summed E-state index contributed by atoms with van der Waals surface area (Å²) in [5.74, 6) is -0.295. The number of ether oxygens (including phenoxy) is 1. The number of carbonyl (C=O) groups is 2. The van der Waals surface area contributed by atoms with Gasteiger partial charge in [-0.05, 0) is 12.0 Å². The molecular weight excluding hydrogens is 234 g/mol. The van der Waals surface area contributed by atoms with E-state index in [0.717, 1.165) is 0 Å². The van der Waals surface area contributed by atoms with Gasteiger partial charge in [0.05, 0.1) is 12.8 Å². The molecule has 0 spiro atoms. The maximum atomic E-state index is 11.7. The molecule has 0 bridgehead atoms. The normalized spacial score (nSPS) is 10.4. The number of methoxy groups -OCH3 is 1. The molecule has 0 saturated carbocycles. The summed E-state index contributed by atoms with van der Waals surface area (Å²) >= 11 is 0. The number of anilines is 1. The Kier molecular flexibility index (Phi) is 4.76. The van der Waals surface area contributed by atoms with Gasteiger partial charge in [-0.2, -0.15) is 0 Å². The van der Waals surface area contributed by atoms with Crippen LogP contribution >= 0.6 is 0 Å². The van der Waals surface area contributed by atoms with E-state index in [1.165, 1.54) is 17.7 Å². The lowest BCUT2D eigenvalue weighted by molar-refractivity contribution is -0.121. The topological polar surface area (TPSA) is 86.3 Å². The van der Waals surface area contributed by atoms with Gasteiger partial charge in [0.1, 0.15) is 12.2 Å². The van der Waals surface area contributed by atoms with Gasteiger partial charge in [-0.15, -0.1) is 0 Å². The minimum absolute atomic E-state index is 0.0500. The number of nitrogens with two attached hydrogens (primary N) is 1. The van der Waals surface area contributed by atoms with Crippen molar-refractivity contribution in [3.63, 3.8) is 0 Å². The highest BCUT2D eigenvalue weighted by molar-refractivity contribution is 5.89. The third-order valence-electron chi connectivity index (χ3n) is 2.33. The van der Waals surface area contributed by atoms with Crippen molar-refractivity contribution in [3.05, 3.63) is 18.0 Å². The highest BCUT2D eigenvalue weighted by Gasteiger charge is 2.15. The lowest BCUT2D eigenvalue weighted by Crippen LogP contribution is -2.31. The number of rotatable bonds is 5. The molecule has 1 rings (SSSR count). The molecule has 0 aliphatic heterocycles. The van der Waals surface area contributed by atoms with Crippen LogP contribution in [0.1, 0.15) is 24.3 Å². The molecule has 0 unspecified atom stereocenters. The lowest BCUT2D eigenvalue weighted by Gasteiger charge is -2.10. The maximum absolute atomic E-state index is 11.7. The SMILES string of the molecule is COC(=O)c1cc(N)cn1CC(=O)NCC(C)C. The van der Waals surface area contributed by atoms with Crippen molar-refractivity contribution in [2.45, 2.75) is 20.4 Å². The van der Waals surface area contributed by atoms with E-state index < -0.39 is 5.97 Å². The van der Waals surface area contributed by atoms with Gasteiger partial charge in [0.15, 0.2) is 0 Å². The van der Waals surface area contributed by atoms with Crippen molar-refractivity contribution in [1.82, 2.24) is 9.88 Å². The van der Waals surface area contributed by atoms with Gasteiger partial charge in [-0.25, -0.2) is 4.79 Å². The number of nitrogen functional groups attached to an aromatic ring is 1. The Hall–Kier alpha value is -1.98. The molecule has 1 heterocycles. The van der Waals surface area contributed by atoms with Crippen LogP contribution < -0.4 is 11.1 Å². The zero-order valence-electron chi connectivity index (χ0n) is 10.9. The van der Waals surface area contributed by atoms with Crippen LogP contribution in [0.25, 0.3) is 0 Å². The summed E-state index contributed by atoms with van der Waals surface area (Å²) in [6.45, 7) is 4.67. The van der Waals surface area contributed by atoms with Crippen LogP contribution in [0.15, 0.2) is 12.3 Å². The van der Waals surface area contributed by atoms with Gasteiger partial charge in [0.25, 0.3) is 0 Å². The molecule has 0 radical (unpaired) electrons. The molecule has 18 heavy (non-hydrogen) atoms. The van der Waals surface area contributed by atoms with Crippen LogP contribution in [-0.4, -0.2) is 30.1 Å². The largest absolute Gasteiger partial charge is 0.464 e. The molecule has 6 nitrogen and oxygen atoms in total. The quantitative estimate of drug-likeness (QED) is 0.753. The lowest BCUT2D eigenvalue weighted by atomic mass is 10.2. The van der Waals surface area contributed by atoms with Crippen molar-refractivity contribution in [2.75, 3.05) is 19.4 Å². The predicted molar refractivity (Wildman–Crippen MR) is 68.0 cm³/mol. The second-order valence-corrected chi connectivity index (χ2v) is 4.48. The molecule has 0 atom stereocenters. The van der Waals surface area contributed by atoms with Crippen molar-refractivity contribution >= 4 is 17.6 Å². The zero-order valence-corrected chi connectivity index (χ0v) is 10.9. The number of hydrogen-bond donors (Lipinski definition) is 2. The Balaban J connectivity index is 2.72. The molecular formula is C12H19N3O3. The first-order chi connectivity index (χ1) is 8.43. The molecule has 1 aromatic heterocycles. The van der Waals surface area contributed by atoms with E-state index in [1.54, 1.807) is 6.20 Å². The summed E-state index contributed by atoms with van der Waals surface area (Å²) in [4.78, 5) is 23.1. The summed E-state index contributed by atoms with van der Waals surface area (Å²) in [7, 11) is 1.29. The highest BCUT2D eigenvalue weighted by atomic mass is 16.5. The smallest absolute Gasteiger partial charge is 0.354 e. The molecule has 0 saturated heterocycles. The van der Waals surface area contributed by atoms with Gasteiger partial charge in [0.2, 0.25) is 5.91 Å². The molecule has 1 amide bonds. The molecule has 6 heteroatoms. The summed E-state index contributed by atoms with van der Waals surface area (Å²) in [6.07, 6.45) is 1.54. The fraction of sp³-hybridized carbons (Fsp3) is 0.500. The molecule has 0 fully saturated rings. The Labute approximate surface area is 106 Å². The van der Waals surface area contributed by atoms with Crippen molar-refractivity contribution in [3.8, 4) is 0 Å². The molecule has 0 aromatic carbocycles. The summed E-state index contributed by atoms with van der Waals surface area (Å²) in [6, 6.07) is 1.49. The monoisotopic (exact) mass is 253 g/mol. The first-order valence-corrected chi connectivity index (χ1v) is 5.74. The van der Waals surface area contributed by atoms with E-state index in [4.69, 9.17) is 5.73 Å². The van der Waals surface area contributed by atoms with Gasteiger partial charge in [0, 0.05) is 12.7 Å². The number of nitrogens with one attached hydrogen (secondary N) is 1. The maximum Gasteiger partial charge on any atom is 0.354 e. The van der Waals surface area contributed by atoms with E-state index in [0.29, 0.717) is 18.2 Å². The van der Waals surface area contributed by atoms with Crippen molar-refractivity contribution in [2.24, 2.45) is 5.92 Å². The van der Waals surface area contributed by atoms with Gasteiger partial charge in [-0.1, -0.05) is 13.8 Å². The van der Waals surface area contributed by atoms with Crippen LogP contribution in [0.3, 0.4) is 0 Å². The summed E-state index contributed by atoms with van der Waals surface area (Å²) in [5.41, 5.74) is 6.31. The first-order valence-electron chi connectivity index (χ1n) is 5.74. The fourth-order valence-electron chi connectivity index (χ4n) is 1.47. The summed E-state index contributed by atoms with van der Waals surface area (Å²) in [5, 5.41) is 2.77. The number of carbonyl (C=O) groups excluding carboxylic acids is 2. The third kappa shape index (κ3) is 3.80.